The highest BCUT2D eigenvalue weighted by molar-refractivity contribution is 5.71. The Labute approximate surface area is 74.9 Å². The Morgan fingerprint density at radius 3 is 3.00 bits per heavy atom. The number of allylic oxidation sites excluding steroid dienone is 1. The van der Waals surface area contributed by atoms with E-state index in [9.17, 15) is 14.7 Å². The van der Waals surface area contributed by atoms with Gasteiger partial charge in [-0.1, -0.05) is 0 Å². The van der Waals surface area contributed by atoms with Crippen LogP contribution in [0, 0.1) is 0 Å². The SMILES string of the molecule is CC(=O)O[C@H]1COC(C=O)=C[C@@H]1O. The van der Waals surface area contributed by atoms with E-state index < -0.39 is 18.2 Å². The number of hydrogen-bond acceptors (Lipinski definition) is 5. The fourth-order valence-electron chi connectivity index (χ4n) is 0.991. The van der Waals surface area contributed by atoms with E-state index in [2.05, 4.69) is 0 Å². The Morgan fingerprint density at radius 2 is 2.54 bits per heavy atom. The molecule has 0 saturated heterocycles. The largest absolute Gasteiger partial charge is 0.486 e. The Hall–Kier alpha value is -1.36. The van der Waals surface area contributed by atoms with Gasteiger partial charge in [0.15, 0.2) is 18.1 Å². The van der Waals surface area contributed by atoms with Gasteiger partial charge in [0.25, 0.3) is 0 Å². The molecule has 0 radical (unpaired) electrons. The van der Waals surface area contributed by atoms with Crippen molar-refractivity contribution in [2.45, 2.75) is 19.1 Å². The Morgan fingerprint density at radius 1 is 1.85 bits per heavy atom. The van der Waals surface area contributed by atoms with Gasteiger partial charge in [0.05, 0.1) is 0 Å². The van der Waals surface area contributed by atoms with Crippen LogP contribution in [0.25, 0.3) is 0 Å². The van der Waals surface area contributed by atoms with Crippen molar-refractivity contribution in [2.75, 3.05) is 6.61 Å². The summed E-state index contributed by atoms with van der Waals surface area (Å²) in [5.74, 6) is -0.425. The van der Waals surface area contributed by atoms with Gasteiger partial charge >= 0.3 is 5.97 Å². The van der Waals surface area contributed by atoms with Crippen LogP contribution in [0.4, 0.5) is 0 Å². The molecule has 1 rings (SSSR count). The predicted octanol–water partition coefficient (Wildman–Crippen LogP) is -0.608. The van der Waals surface area contributed by atoms with Crippen LogP contribution in [-0.4, -0.2) is 36.2 Å². The molecule has 1 heterocycles. The lowest BCUT2D eigenvalue weighted by molar-refractivity contribution is -0.155. The molecule has 13 heavy (non-hydrogen) atoms. The minimum atomic E-state index is -0.974. The average molecular weight is 186 g/mol. The number of rotatable bonds is 2. The highest BCUT2D eigenvalue weighted by Gasteiger charge is 2.26. The molecule has 0 aromatic heterocycles. The predicted molar refractivity (Wildman–Crippen MR) is 41.7 cm³/mol. The van der Waals surface area contributed by atoms with Crippen LogP contribution in [0.1, 0.15) is 6.92 Å². The second-order valence-corrected chi connectivity index (χ2v) is 2.64. The quantitative estimate of drug-likeness (QED) is 0.460. The molecule has 0 saturated carbocycles. The van der Waals surface area contributed by atoms with Crippen LogP contribution in [0.5, 0.6) is 0 Å². The molecule has 0 amide bonds. The van der Waals surface area contributed by atoms with E-state index in [1.54, 1.807) is 0 Å². The summed E-state index contributed by atoms with van der Waals surface area (Å²) in [6, 6.07) is 0. The highest BCUT2D eigenvalue weighted by Crippen LogP contribution is 2.12. The lowest BCUT2D eigenvalue weighted by Crippen LogP contribution is -2.37. The van der Waals surface area contributed by atoms with E-state index in [1.165, 1.54) is 13.0 Å². The minimum Gasteiger partial charge on any atom is -0.486 e. The molecule has 5 heteroatoms. The summed E-state index contributed by atoms with van der Waals surface area (Å²) in [4.78, 5) is 20.8. The summed E-state index contributed by atoms with van der Waals surface area (Å²) in [6.45, 7) is 1.25. The molecule has 1 N–H and O–H groups in total. The zero-order valence-electron chi connectivity index (χ0n) is 7.10. The Bertz CT molecular complexity index is 245. The van der Waals surface area contributed by atoms with E-state index >= 15 is 0 Å². The van der Waals surface area contributed by atoms with Gasteiger partial charge in [0.2, 0.25) is 0 Å². The monoisotopic (exact) mass is 186 g/mol. The molecule has 0 aromatic rings. The number of carbonyl (C=O) groups excluding carboxylic acids is 2. The molecule has 0 unspecified atom stereocenters. The normalized spacial score (nSPS) is 27.1. The van der Waals surface area contributed by atoms with E-state index in [4.69, 9.17) is 9.47 Å². The lowest BCUT2D eigenvalue weighted by Gasteiger charge is -2.24. The minimum absolute atomic E-state index is 0.00528. The van der Waals surface area contributed by atoms with Crippen molar-refractivity contribution in [1.29, 1.82) is 0 Å². The first-order valence-corrected chi connectivity index (χ1v) is 3.78. The van der Waals surface area contributed by atoms with E-state index in [0.29, 0.717) is 6.29 Å². The van der Waals surface area contributed by atoms with Crippen LogP contribution < -0.4 is 0 Å². The number of aliphatic hydroxyl groups is 1. The Kier molecular flexibility index (Phi) is 3.02. The molecule has 1 aliphatic heterocycles. The third kappa shape index (κ3) is 2.55. The van der Waals surface area contributed by atoms with Gasteiger partial charge in [-0.2, -0.15) is 0 Å². The maximum atomic E-state index is 10.5. The molecule has 0 bridgehead atoms. The molecular formula is C8H10O5. The fraction of sp³-hybridized carbons (Fsp3) is 0.500. The van der Waals surface area contributed by atoms with Crippen LogP contribution in [0.15, 0.2) is 11.8 Å². The van der Waals surface area contributed by atoms with Gasteiger partial charge in [0, 0.05) is 6.92 Å². The van der Waals surface area contributed by atoms with Crippen molar-refractivity contribution in [2.24, 2.45) is 0 Å². The first kappa shape index (κ1) is 9.73. The molecule has 72 valence electrons. The van der Waals surface area contributed by atoms with Crippen LogP contribution in [0.2, 0.25) is 0 Å². The number of esters is 1. The lowest BCUT2D eigenvalue weighted by atomic mass is 10.1. The van der Waals surface area contributed by atoms with Crippen LogP contribution >= 0.6 is 0 Å². The zero-order valence-corrected chi connectivity index (χ0v) is 7.10. The second kappa shape index (κ2) is 4.04. The first-order chi connectivity index (χ1) is 6.13. The molecule has 0 fully saturated rings. The first-order valence-electron chi connectivity index (χ1n) is 3.78. The van der Waals surface area contributed by atoms with Gasteiger partial charge in [-0.05, 0) is 6.08 Å². The van der Waals surface area contributed by atoms with Crippen LogP contribution in [0.3, 0.4) is 0 Å². The summed E-state index contributed by atoms with van der Waals surface area (Å²) in [6.07, 6.45) is 0.0103. The summed E-state index contributed by atoms with van der Waals surface area (Å²) in [5.41, 5.74) is 0. The maximum Gasteiger partial charge on any atom is 0.303 e. The zero-order chi connectivity index (χ0) is 9.84. The van der Waals surface area contributed by atoms with E-state index in [-0.39, 0.29) is 12.4 Å². The van der Waals surface area contributed by atoms with Gasteiger partial charge in [-0.25, -0.2) is 0 Å². The molecule has 5 nitrogen and oxygen atoms in total. The number of hydrogen-bond donors (Lipinski definition) is 1. The highest BCUT2D eigenvalue weighted by atomic mass is 16.6. The molecular weight excluding hydrogens is 176 g/mol. The van der Waals surface area contributed by atoms with Crippen molar-refractivity contribution in [3.8, 4) is 0 Å². The van der Waals surface area contributed by atoms with E-state index in [0.717, 1.165) is 0 Å². The Balaban J connectivity index is 2.59. The summed E-state index contributed by atoms with van der Waals surface area (Å²) in [7, 11) is 0. The average Bonchev–Trinajstić information content (AvgIpc) is 2.08. The van der Waals surface area contributed by atoms with Gasteiger partial charge in [0.1, 0.15) is 12.7 Å². The third-order valence-corrected chi connectivity index (χ3v) is 1.56. The standard InChI is InChI=1S/C8H10O5/c1-5(10)13-8-4-12-6(3-9)2-7(8)11/h2-3,7-8,11H,4H2,1H3/t7-,8-/m0/s1. The summed E-state index contributed by atoms with van der Waals surface area (Å²) < 4.78 is 9.59. The van der Waals surface area contributed by atoms with Crippen molar-refractivity contribution < 1.29 is 24.2 Å². The summed E-state index contributed by atoms with van der Waals surface area (Å²) >= 11 is 0. The number of aliphatic hydroxyl groups excluding tert-OH is 1. The second-order valence-electron chi connectivity index (χ2n) is 2.64. The fourth-order valence-corrected chi connectivity index (χ4v) is 0.991. The van der Waals surface area contributed by atoms with Crippen molar-refractivity contribution in [3.05, 3.63) is 11.8 Å². The van der Waals surface area contributed by atoms with Crippen molar-refractivity contribution >= 4 is 12.3 Å². The summed E-state index contributed by atoms with van der Waals surface area (Å²) in [5, 5.41) is 9.33. The van der Waals surface area contributed by atoms with E-state index in [1.807, 2.05) is 0 Å². The molecule has 2 atom stereocenters. The third-order valence-electron chi connectivity index (χ3n) is 1.56. The smallest absolute Gasteiger partial charge is 0.303 e. The molecule has 1 aliphatic rings. The van der Waals surface area contributed by atoms with Gasteiger partial charge < -0.3 is 14.6 Å². The maximum absolute atomic E-state index is 10.5. The molecule has 0 aliphatic carbocycles. The molecule has 0 spiro atoms. The van der Waals surface area contributed by atoms with Crippen LogP contribution in [-0.2, 0) is 19.1 Å². The molecule has 0 aromatic carbocycles. The number of aldehydes is 1. The van der Waals surface area contributed by atoms with Gasteiger partial charge in [-0.15, -0.1) is 0 Å². The number of carbonyl (C=O) groups is 2. The van der Waals surface area contributed by atoms with Crippen molar-refractivity contribution in [1.82, 2.24) is 0 Å². The topological polar surface area (TPSA) is 72.8 Å². The van der Waals surface area contributed by atoms with Crippen molar-refractivity contribution in [3.63, 3.8) is 0 Å². The number of ether oxygens (including phenoxy) is 2. The van der Waals surface area contributed by atoms with Gasteiger partial charge in [-0.3, -0.25) is 9.59 Å².